The van der Waals surface area contributed by atoms with E-state index in [1.165, 1.54) is 21.9 Å². The summed E-state index contributed by atoms with van der Waals surface area (Å²) in [6.07, 6.45) is 0.328. The average Bonchev–Trinajstić information content (AvgIpc) is 2.66. The fourth-order valence-corrected chi connectivity index (χ4v) is 3.72. The molecule has 3 N–H and O–H groups in total. The number of nitrogens with two attached hydrogens (primary N) is 1. The first-order chi connectivity index (χ1) is 14.4. The summed E-state index contributed by atoms with van der Waals surface area (Å²) >= 11 is 0. The predicted molar refractivity (Wildman–Crippen MR) is 106 cm³/mol. The highest BCUT2D eigenvalue weighted by Gasteiger charge is 2.31. The molecular weight excluding hydrogens is 401 g/mol. The highest BCUT2D eigenvalue weighted by atomic mass is 19.3. The number of hydrogen-bond donors (Lipinski definition) is 2. The zero-order valence-corrected chi connectivity index (χ0v) is 16.7. The Morgan fingerprint density at radius 1 is 1.37 bits per heavy atom. The molecule has 1 saturated carbocycles. The Morgan fingerprint density at radius 2 is 2.13 bits per heavy atom. The second-order valence-electron chi connectivity index (χ2n) is 7.64. The van der Waals surface area contributed by atoms with Gasteiger partial charge in [0.15, 0.2) is 0 Å². The SMILES string of the molecule is NC[C@H](C(=O)Nc1ccc(N2CCOCC2=O)cc1F)N(CC(F)F)CC1CCC1. The van der Waals surface area contributed by atoms with E-state index in [4.69, 9.17) is 10.5 Å². The number of rotatable bonds is 9. The number of alkyl halides is 2. The molecule has 1 atom stereocenters. The minimum atomic E-state index is -2.60. The Morgan fingerprint density at radius 3 is 2.70 bits per heavy atom. The van der Waals surface area contributed by atoms with Crippen molar-refractivity contribution < 1.29 is 27.5 Å². The van der Waals surface area contributed by atoms with Gasteiger partial charge >= 0.3 is 0 Å². The molecule has 0 unspecified atom stereocenters. The smallest absolute Gasteiger partial charge is 0.253 e. The summed E-state index contributed by atoms with van der Waals surface area (Å²) in [6, 6.07) is 3.04. The predicted octanol–water partition coefficient (Wildman–Crippen LogP) is 1.82. The van der Waals surface area contributed by atoms with Crippen molar-refractivity contribution in [2.24, 2.45) is 11.7 Å². The van der Waals surface area contributed by atoms with Crippen molar-refractivity contribution in [2.75, 3.05) is 49.6 Å². The van der Waals surface area contributed by atoms with Crippen LogP contribution in [-0.4, -0.2) is 68.6 Å². The quantitative estimate of drug-likeness (QED) is 0.627. The molecule has 30 heavy (non-hydrogen) atoms. The van der Waals surface area contributed by atoms with Crippen LogP contribution in [0.15, 0.2) is 18.2 Å². The van der Waals surface area contributed by atoms with E-state index in [0.717, 1.165) is 25.3 Å². The van der Waals surface area contributed by atoms with Gasteiger partial charge in [-0.15, -0.1) is 0 Å². The van der Waals surface area contributed by atoms with Crippen molar-refractivity contribution in [3.8, 4) is 0 Å². The number of amides is 2. The van der Waals surface area contributed by atoms with Gasteiger partial charge in [-0.3, -0.25) is 14.5 Å². The summed E-state index contributed by atoms with van der Waals surface area (Å²) in [4.78, 5) is 27.4. The van der Waals surface area contributed by atoms with Crippen LogP contribution in [0.4, 0.5) is 24.5 Å². The first-order valence-electron chi connectivity index (χ1n) is 10.1. The molecule has 1 saturated heterocycles. The maximum Gasteiger partial charge on any atom is 0.253 e. The average molecular weight is 428 g/mol. The number of carbonyl (C=O) groups is 2. The van der Waals surface area contributed by atoms with E-state index in [0.29, 0.717) is 25.4 Å². The third-order valence-corrected chi connectivity index (χ3v) is 5.56. The highest BCUT2D eigenvalue weighted by molar-refractivity contribution is 5.97. The van der Waals surface area contributed by atoms with E-state index in [2.05, 4.69) is 5.32 Å². The molecule has 10 heteroatoms. The van der Waals surface area contributed by atoms with Gasteiger partial charge in [0.25, 0.3) is 12.3 Å². The van der Waals surface area contributed by atoms with Crippen LogP contribution in [0.5, 0.6) is 0 Å². The summed E-state index contributed by atoms with van der Waals surface area (Å²) < 4.78 is 45.7. The topological polar surface area (TPSA) is 87.9 Å². The molecule has 0 spiro atoms. The second kappa shape index (κ2) is 10.2. The summed E-state index contributed by atoms with van der Waals surface area (Å²) in [7, 11) is 0. The molecule has 2 aliphatic rings. The Hall–Kier alpha value is -2.17. The highest BCUT2D eigenvalue weighted by Crippen LogP contribution is 2.28. The lowest BCUT2D eigenvalue weighted by Crippen LogP contribution is -2.52. The van der Waals surface area contributed by atoms with Gasteiger partial charge in [0.1, 0.15) is 18.5 Å². The van der Waals surface area contributed by atoms with Gasteiger partial charge in [0.2, 0.25) is 5.91 Å². The van der Waals surface area contributed by atoms with Crippen LogP contribution >= 0.6 is 0 Å². The van der Waals surface area contributed by atoms with Crippen molar-refractivity contribution in [3.63, 3.8) is 0 Å². The van der Waals surface area contributed by atoms with E-state index < -0.39 is 30.7 Å². The van der Waals surface area contributed by atoms with Gasteiger partial charge in [0.05, 0.1) is 18.8 Å². The molecule has 1 aromatic carbocycles. The molecule has 3 rings (SSSR count). The third kappa shape index (κ3) is 5.50. The lowest BCUT2D eigenvalue weighted by Gasteiger charge is -2.36. The largest absolute Gasteiger partial charge is 0.370 e. The molecule has 0 aromatic heterocycles. The molecule has 166 valence electrons. The van der Waals surface area contributed by atoms with E-state index in [-0.39, 0.29) is 30.7 Å². The number of nitrogens with zero attached hydrogens (tertiary/aromatic N) is 2. The van der Waals surface area contributed by atoms with Crippen LogP contribution in [-0.2, 0) is 14.3 Å². The number of morpholine rings is 1. The fraction of sp³-hybridized carbons (Fsp3) is 0.600. The molecule has 2 amide bonds. The number of hydrogen-bond acceptors (Lipinski definition) is 5. The van der Waals surface area contributed by atoms with E-state index in [9.17, 15) is 22.8 Å². The minimum Gasteiger partial charge on any atom is -0.370 e. The molecule has 0 radical (unpaired) electrons. The molecular formula is C20H27F3N4O3. The summed E-state index contributed by atoms with van der Waals surface area (Å²) in [5.74, 6) is -1.37. The second-order valence-corrected chi connectivity index (χ2v) is 7.64. The van der Waals surface area contributed by atoms with E-state index >= 15 is 0 Å². The van der Waals surface area contributed by atoms with Crippen LogP contribution in [0.2, 0.25) is 0 Å². The molecule has 2 fully saturated rings. The van der Waals surface area contributed by atoms with Gasteiger partial charge in [-0.1, -0.05) is 6.42 Å². The first kappa shape index (κ1) is 22.5. The van der Waals surface area contributed by atoms with Crippen LogP contribution in [0, 0.1) is 11.7 Å². The Bertz CT molecular complexity index is 761. The van der Waals surface area contributed by atoms with E-state index in [1.54, 1.807) is 0 Å². The van der Waals surface area contributed by atoms with Crippen molar-refractivity contribution in [2.45, 2.75) is 31.7 Å². The first-order valence-corrected chi connectivity index (χ1v) is 10.1. The molecule has 0 bridgehead atoms. The zero-order chi connectivity index (χ0) is 21.7. The molecule has 1 aliphatic carbocycles. The number of ether oxygens (including phenoxy) is 1. The van der Waals surface area contributed by atoms with Crippen LogP contribution < -0.4 is 16.0 Å². The lowest BCUT2D eigenvalue weighted by molar-refractivity contribution is -0.125. The lowest BCUT2D eigenvalue weighted by atomic mass is 9.85. The summed E-state index contributed by atoms with van der Waals surface area (Å²) in [6.45, 7) is 0.229. The minimum absolute atomic E-state index is 0.0702. The number of halogens is 3. The van der Waals surface area contributed by atoms with Gasteiger partial charge in [-0.25, -0.2) is 13.2 Å². The van der Waals surface area contributed by atoms with Crippen molar-refractivity contribution >= 4 is 23.2 Å². The van der Waals surface area contributed by atoms with Crippen molar-refractivity contribution in [1.29, 1.82) is 0 Å². The molecule has 7 nitrogen and oxygen atoms in total. The monoisotopic (exact) mass is 428 g/mol. The van der Waals surface area contributed by atoms with Gasteiger partial charge in [-0.2, -0.15) is 0 Å². The summed E-state index contributed by atoms with van der Waals surface area (Å²) in [5, 5.41) is 2.46. The third-order valence-electron chi connectivity index (χ3n) is 5.56. The maximum absolute atomic E-state index is 14.6. The number of benzene rings is 1. The normalized spacial score (nSPS) is 18.6. The van der Waals surface area contributed by atoms with Gasteiger partial charge < -0.3 is 20.7 Å². The van der Waals surface area contributed by atoms with Gasteiger partial charge in [-0.05, 0) is 37.0 Å². The molecule has 1 aromatic rings. The van der Waals surface area contributed by atoms with Crippen molar-refractivity contribution in [3.05, 3.63) is 24.0 Å². The molecule has 1 heterocycles. The van der Waals surface area contributed by atoms with Crippen LogP contribution in [0.3, 0.4) is 0 Å². The maximum atomic E-state index is 14.6. The van der Waals surface area contributed by atoms with Gasteiger partial charge in [0, 0.05) is 25.3 Å². The Labute approximate surface area is 173 Å². The fourth-order valence-electron chi connectivity index (χ4n) is 3.72. The number of nitrogens with one attached hydrogen (secondary N) is 1. The number of anilines is 2. The standard InChI is InChI=1S/C20H27F3N4O3/c21-15-8-14(27-6-7-30-12-19(27)28)4-5-16(15)25-20(29)17(9-24)26(11-18(22)23)10-13-2-1-3-13/h4-5,8,13,17-18H,1-3,6-7,9-12,24H2,(H,25,29)/t17-/m1/s1. The van der Waals surface area contributed by atoms with Crippen LogP contribution in [0.1, 0.15) is 19.3 Å². The zero-order valence-electron chi connectivity index (χ0n) is 16.7. The summed E-state index contributed by atoms with van der Waals surface area (Å²) in [5.41, 5.74) is 5.98. The Kier molecular flexibility index (Phi) is 7.68. The van der Waals surface area contributed by atoms with Crippen molar-refractivity contribution in [1.82, 2.24) is 4.90 Å². The van der Waals surface area contributed by atoms with Crippen LogP contribution in [0.25, 0.3) is 0 Å². The molecule has 1 aliphatic heterocycles. The number of carbonyl (C=O) groups excluding carboxylic acids is 2. The Balaban J connectivity index is 1.69. The van der Waals surface area contributed by atoms with E-state index in [1.807, 2.05) is 0 Å².